The summed E-state index contributed by atoms with van der Waals surface area (Å²) in [5.41, 5.74) is 4.83. The van der Waals surface area contributed by atoms with Crippen LogP contribution in [0, 0.1) is 0 Å². The van der Waals surface area contributed by atoms with Crippen LogP contribution < -0.4 is 4.90 Å². The van der Waals surface area contributed by atoms with Gasteiger partial charge in [-0.2, -0.15) is 0 Å². The number of hydrogen-bond donors (Lipinski definition) is 0. The van der Waals surface area contributed by atoms with Crippen molar-refractivity contribution in [3.8, 4) is 11.3 Å². The Morgan fingerprint density at radius 2 is 1.74 bits per heavy atom. The third-order valence-corrected chi connectivity index (χ3v) is 5.61. The van der Waals surface area contributed by atoms with E-state index >= 15 is 0 Å². The molecule has 1 aromatic heterocycles. The molecule has 0 atom stereocenters. The van der Waals surface area contributed by atoms with Gasteiger partial charge in [-0.1, -0.05) is 59.8 Å². The lowest BCUT2D eigenvalue weighted by Crippen LogP contribution is -2.21. The van der Waals surface area contributed by atoms with Crippen molar-refractivity contribution >= 4 is 38.3 Å². The number of anilines is 1. The molecule has 1 heterocycles. The fraction of sp³-hybridized carbons (Fsp3) is 0.0909. The number of aromatic nitrogens is 1. The van der Waals surface area contributed by atoms with Gasteiger partial charge in [0.05, 0.1) is 16.6 Å². The van der Waals surface area contributed by atoms with Gasteiger partial charge in [0.15, 0.2) is 11.5 Å². The fourth-order valence-electron chi connectivity index (χ4n) is 3.74. The average Bonchev–Trinajstić information content (AvgIpc) is 3.14. The number of fused-ring (bicyclic) bond motifs is 2. The van der Waals surface area contributed by atoms with Crippen LogP contribution in [-0.4, -0.2) is 18.0 Å². The molecular formula is C22H15BrN2O2. The Morgan fingerprint density at radius 1 is 1.04 bits per heavy atom. The highest BCUT2D eigenvalue weighted by Gasteiger charge is 2.33. The van der Waals surface area contributed by atoms with Crippen molar-refractivity contribution in [3.05, 3.63) is 81.8 Å². The molecule has 0 aliphatic heterocycles. The minimum atomic E-state index is 0.00807. The zero-order chi connectivity index (χ0) is 18.5. The van der Waals surface area contributed by atoms with Crippen molar-refractivity contribution < 1.29 is 9.32 Å². The summed E-state index contributed by atoms with van der Waals surface area (Å²) in [5.74, 6) is 0.666. The first-order valence-electron chi connectivity index (χ1n) is 8.66. The van der Waals surface area contributed by atoms with Crippen LogP contribution in [0.15, 0.2) is 69.7 Å². The molecule has 1 aliphatic carbocycles. The lowest BCUT2D eigenvalue weighted by molar-refractivity contribution is 0.104. The second-order valence-corrected chi connectivity index (χ2v) is 7.56. The van der Waals surface area contributed by atoms with E-state index in [1.165, 1.54) is 5.56 Å². The van der Waals surface area contributed by atoms with Crippen LogP contribution in [0.25, 0.3) is 22.2 Å². The van der Waals surface area contributed by atoms with Crippen LogP contribution in [0.4, 0.5) is 5.69 Å². The Hall–Kier alpha value is -2.92. The zero-order valence-corrected chi connectivity index (χ0v) is 16.2. The molecule has 132 valence electrons. The van der Waals surface area contributed by atoms with Gasteiger partial charge in [-0.3, -0.25) is 4.79 Å². The topological polar surface area (TPSA) is 46.3 Å². The van der Waals surface area contributed by atoms with Crippen molar-refractivity contribution in [1.29, 1.82) is 0 Å². The van der Waals surface area contributed by atoms with Crippen LogP contribution in [0.2, 0.25) is 0 Å². The summed E-state index contributed by atoms with van der Waals surface area (Å²) < 4.78 is 6.47. The maximum Gasteiger partial charge on any atom is 0.196 e. The smallest absolute Gasteiger partial charge is 0.196 e. The number of nitrogens with zero attached hydrogens (tertiary/aromatic N) is 2. The normalized spacial score (nSPS) is 12.3. The van der Waals surface area contributed by atoms with Crippen LogP contribution in [0.1, 0.15) is 21.5 Å². The summed E-state index contributed by atoms with van der Waals surface area (Å²) in [7, 11) is 2.00. The van der Waals surface area contributed by atoms with E-state index in [-0.39, 0.29) is 5.78 Å². The molecule has 3 aromatic carbocycles. The number of ketones is 1. The molecule has 1 aliphatic rings. The van der Waals surface area contributed by atoms with Gasteiger partial charge in [0.25, 0.3) is 0 Å². The lowest BCUT2D eigenvalue weighted by Gasteiger charge is -2.25. The largest absolute Gasteiger partial charge is 0.370 e. The molecule has 0 radical (unpaired) electrons. The van der Waals surface area contributed by atoms with Gasteiger partial charge in [0.2, 0.25) is 0 Å². The monoisotopic (exact) mass is 418 g/mol. The Labute approximate surface area is 164 Å². The van der Waals surface area contributed by atoms with Gasteiger partial charge in [0, 0.05) is 29.2 Å². The van der Waals surface area contributed by atoms with Crippen LogP contribution in [0.3, 0.4) is 0 Å². The molecule has 0 fully saturated rings. The SMILES string of the molecule is CN(Cc1ccccc1)c1cc(Br)c2noc3c2c1C(=O)c1ccccc1-3. The molecule has 0 N–H and O–H groups in total. The summed E-state index contributed by atoms with van der Waals surface area (Å²) in [4.78, 5) is 15.5. The van der Waals surface area contributed by atoms with Gasteiger partial charge in [-0.25, -0.2) is 0 Å². The summed E-state index contributed by atoms with van der Waals surface area (Å²) >= 11 is 3.60. The van der Waals surface area contributed by atoms with E-state index in [0.29, 0.717) is 28.9 Å². The molecule has 5 rings (SSSR count). The van der Waals surface area contributed by atoms with Gasteiger partial charge < -0.3 is 9.42 Å². The lowest BCUT2D eigenvalue weighted by atomic mass is 9.86. The van der Waals surface area contributed by atoms with Crippen LogP contribution >= 0.6 is 15.9 Å². The van der Waals surface area contributed by atoms with E-state index in [9.17, 15) is 4.79 Å². The predicted octanol–water partition coefficient (Wildman–Crippen LogP) is 5.44. The summed E-state index contributed by atoms with van der Waals surface area (Å²) in [6.45, 7) is 0.696. The first-order chi connectivity index (χ1) is 13.1. The minimum Gasteiger partial charge on any atom is -0.370 e. The van der Waals surface area contributed by atoms with Crippen LogP contribution in [-0.2, 0) is 6.54 Å². The first-order valence-corrected chi connectivity index (χ1v) is 9.45. The van der Waals surface area contributed by atoms with Crippen molar-refractivity contribution in [2.24, 2.45) is 0 Å². The van der Waals surface area contributed by atoms with Gasteiger partial charge >= 0.3 is 0 Å². The maximum atomic E-state index is 13.4. The summed E-state index contributed by atoms with van der Waals surface area (Å²) in [6.07, 6.45) is 0. The first kappa shape index (κ1) is 16.3. The molecule has 4 nitrogen and oxygen atoms in total. The highest BCUT2D eigenvalue weighted by atomic mass is 79.9. The number of halogens is 1. The van der Waals surface area contributed by atoms with Crippen molar-refractivity contribution in [2.75, 3.05) is 11.9 Å². The highest BCUT2D eigenvalue weighted by molar-refractivity contribution is 9.10. The average molecular weight is 419 g/mol. The Bertz CT molecular complexity index is 1200. The predicted molar refractivity (Wildman–Crippen MR) is 109 cm³/mol. The maximum absolute atomic E-state index is 13.4. The summed E-state index contributed by atoms with van der Waals surface area (Å²) in [6, 6.07) is 19.7. The summed E-state index contributed by atoms with van der Waals surface area (Å²) in [5, 5.41) is 5.00. The molecule has 4 aromatic rings. The number of hydrogen-bond acceptors (Lipinski definition) is 4. The minimum absolute atomic E-state index is 0.00807. The van der Waals surface area contributed by atoms with Crippen molar-refractivity contribution in [1.82, 2.24) is 5.16 Å². The number of rotatable bonds is 3. The second-order valence-electron chi connectivity index (χ2n) is 6.70. The molecule has 27 heavy (non-hydrogen) atoms. The van der Waals surface area contributed by atoms with Crippen molar-refractivity contribution in [2.45, 2.75) is 6.54 Å². The molecule has 0 amide bonds. The van der Waals surface area contributed by atoms with Gasteiger partial charge in [-0.05, 0) is 27.6 Å². The molecular weight excluding hydrogens is 404 g/mol. The zero-order valence-electron chi connectivity index (χ0n) is 14.6. The number of benzene rings is 3. The van der Waals surface area contributed by atoms with E-state index in [0.717, 1.165) is 21.1 Å². The molecule has 5 heteroatoms. The van der Waals surface area contributed by atoms with Crippen molar-refractivity contribution in [3.63, 3.8) is 0 Å². The third kappa shape index (κ3) is 2.42. The highest BCUT2D eigenvalue weighted by Crippen LogP contribution is 2.45. The Morgan fingerprint density at radius 3 is 2.52 bits per heavy atom. The van der Waals surface area contributed by atoms with E-state index in [1.54, 1.807) is 0 Å². The van der Waals surface area contributed by atoms with E-state index < -0.39 is 0 Å². The number of carbonyl (C=O) groups excluding carboxylic acids is 1. The Balaban J connectivity index is 1.74. The van der Waals surface area contributed by atoms with Gasteiger partial charge in [-0.15, -0.1) is 0 Å². The van der Waals surface area contributed by atoms with Crippen LogP contribution in [0.5, 0.6) is 0 Å². The standard InChI is InChI=1S/C22H15BrN2O2/c1-25(12-13-7-3-2-4-8-13)17-11-16(23)20-19-18(17)21(26)14-9-5-6-10-15(14)22(19)27-24-20/h2-11H,12H2,1H3. The molecule has 0 saturated carbocycles. The molecule has 0 unspecified atom stereocenters. The molecule has 0 saturated heterocycles. The van der Waals surface area contributed by atoms with E-state index in [4.69, 9.17) is 4.52 Å². The third-order valence-electron chi connectivity index (χ3n) is 5.01. The Kier molecular flexibility index (Phi) is 3.65. The molecule has 0 spiro atoms. The fourth-order valence-corrected chi connectivity index (χ4v) is 4.23. The van der Waals surface area contributed by atoms with E-state index in [2.05, 4.69) is 38.1 Å². The van der Waals surface area contributed by atoms with Gasteiger partial charge in [0.1, 0.15) is 5.52 Å². The quantitative estimate of drug-likeness (QED) is 0.391. The van der Waals surface area contributed by atoms with E-state index in [1.807, 2.05) is 55.6 Å². The second kappa shape index (κ2) is 6.06. The number of carbonyl (C=O) groups is 1. The molecule has 0 bridgehead atoms.